The van der Waals surface area contributed by atoms with Gasteiger partial charge in [0.2, 0.25) is 0 Å². The standard InChI is InChI=1S/C4H6N2O/c1-3-5-6-7-4-2/h3-4H,1-2H2/b6-5-. The van der Waals surface area contributed by atoms with Crippen LogP contribution in [0.2, 0.25) is 0 Å². The van der Waals surface area contributed by atoms with Crippen molar-refractivity contribution in [3.05, 3.63) is 25.6 Å². The van der Waals surface area contributed by atoms with Gasteiger partial charge >= 0.3 is 0 Å². The summed E-state index contributed by atoms with van der Waals surface area (Å²) in [6.45, 7) is 6.48. The van der Waals surface area contributed by atoms with Gasteiger partial charge in [0, 0.05) is 11.5 Å². The number of hydrogen-bond donors (Lipinski definition) is 0. The Morgan fingerprint density at radius 2 is 2.14 bits per heavy atom. The lowest BCUT2D eigenvalue weighted by Crippen LogP contribution is -1.56. The minimum Gasteiger partial charge on any atom is -0.348 e. The van der Waals surface area contributed by atoms with E-state index in [1.165, 1.54) is 12.5 Å². The third kappa shape index (κ3) is 4.88. The van der Waals surface area contributed by atoms with Crippen molar-refractivity contribution in [2.24, 2.45) is 10.4 Å². The van der Waals surface area contributed by atoms with Crippen LogP contribution in [0.4, 0.5) is 0 Å². The van der Waals surface area contributed by atoms with E-state index in [1.807, 2.05) is 0 Å². The van der Waals surface area contributed by atoms with Gasteiger partial charge in [-0.3, -0.25) is 0 Å². The molecule has 0 fully saturated rings. The molecule has 0 saturated carbocycles. The Morgan fingerprint density at radius 3 is 2.57 bits per heavy atom. The summed E-state index contributed by atoms with van der Waals surface area (Å²) in [7, 11) is 0. The molecule has 0 aliphatic carbocycles. The Balaban J connectivity index is 3.08. The topological polar surface area (TPSA) is 34.0 Å². The second kappa shape index (κ2) is 4.88. The Hall–Kier alpha value is -1.12. The van der Waals surface area contributed by atoms with Crippen LogP contribution in [-0.4, -0.2) is 0 Å². The van der Waals surface area contributed by atoms with Gasteiger partial charge in [0.25, 0.3) is 0 Å². The van der Waals surface area contributed by atoms with Gasteiger partial charge in [0.15, 0.2) is 0 Å². The summed E-state index contributed by atoms with van der Waals surface area (Å²) in [6, 6.07) is 0. The summed E-state index contributed by atoms with van der Waals surface area (Å²) in [5, 5.41) is 6.35. The van der Waals surface area contributed by atoms with Crippen molar-refractivity contribution in [2.45, 2.75) is 0 Å². The molecule has 0 saturated heterocycles. The minimum atomic E-state index is 1.17. The molecule has 3 nitrogen and oxygen atoms in total. The van der Waals surface area contributed by atoms with Crippen LogP contribution in [0.3, 0.4) is 0 Å². The van der Waals surface area contributed by atoms with Crippen LogP contribution >= 0.6 is 0 Å². The van der Waals surface area contributed by atoms with Crippen molar-refractivity contribution in [3.63, 3.8) is 0 Å². The Morgan fingerprint density at radius 1 is 1.43 bits per heavy atom. The predicted molar refractivity (Wildman–Crippen MR) is 26.3 cm³/mol. The normalized spacial score (nSPS) is 8.57. The highest BCUT2D eigenvalue weighted by atomic mass is 16.6. The molecule has 0 aromatic carbocycles. The fourth-order valence-electron chi connectivity index (χ4n) is 0.0939. The Bertz CT molecular complexity index is 87.7. The maximum absolute atomic E-state index is 4.22. The van der Waals surface area contributed by atoms with Crippen molar-refractivity contribution >= 4 is 0 Å². The average Bonchev–Trinajstić information content (AvgIpc) is 1.69. The molecule has 38 valence electrons. The highest BCUT2D eigenvalue weighted by Crippen LogP contribution is 1.76. The van der Waals surface area contributed by atoms with E-state index in [0.29, 0.717) is 0 Å². The van der Waals surface area contributed by atoms with Crippen LogP contribution in [0.25, 0.3) is 0 Å². The molecular weight excluding hydrogens is 92.1 g/mol. The van der Waals surface area contributed by atoms with Crippen LogP contribution in [0.15, 0.2) is 36.0 Å². The van der Waals surface area contributed by atoms with Gasteiger partial charge in [-0.05, 0) is 0 Å². The summed E-state index contributed by atoms with van der Waals surface area (Å²) in [4.78, 5) is 4.22. The fourth-order valence-corrected chi connectivity index (χ4v) is 0.0939. The predicted octanol–water partition coefficient (Wildman–Crippen LogP) is 1.66. The van der Waals surface area contributed by atoms with E-state index in [0.717, 1.165) is 0 Å². The lowest BCUT2D eigenvalue weighted by Gasteiger charge is -1.76. The van der Waals surface area contributed by atoms with Crippen molar-refractivity contribution < 1.29 is 4.84 Å². The van der Waals surface area contributed by atoms with Crippen LogP contribution in [-0.2, 0) is 4.84 Å². The van der Waals surface area contributed by atoms with Crippen LogP contribution in [0, 0.1) is 0 Å². The van der Waals surface area contributed by atoms with E-state index < -0.39 is 0 Å². The Labute approximate surface area is 42.0 Å². The van der Waals surface area contributed by atoms with Gasteiger partial charge in [-0.2, -0.15) is 0 Å². The average molecular weight is 98.1 g/mol. The molecule has 0 heterocycles. The molecule has 0 amide bonds. The minimum absolute atomic E-state index is 1.17. The van der Waals surface area contributed by atoms with Crippen molar-refractivity contribution in [2.75, 3.05) is 0 Å². The maximum atomic E-state index is 4.22. The van der Waals surface area contributed by atoms with Gasteiger partial charge in [0.05, 0.1) is 0 Å². The molecule has 0 unspecified atom stereocenters. The molecule has 0 aliphatic rings. The van der Waals surface area contributed by atoms with E-state index in [9.17, 15) is 0 Å². The molecule has 7 heavy (non-hydrogen) atoms. The third-order valence-corrected chi connectivity index (χ3v) is 0.250. The highest BCUT2D eigenvalue weighted by Gasteiger charge is 1.57. The van der Waals surface area contributed by atoms with E-state index in [2.05, 4.69) is 28.4 Å². The van der Waals surface area contributed by atoms with Crippen molar-refractivity contribution in [1.29, 1.82) is 0 Å². The second-order valence-electron chi connectivity index (χ2n) is 0.652. The zero-order chi connectivity index (χ0) is 5.54. The van der Waals surface area contributed by atoms with Crippen LogP contribution in [0.5, 0.6) is 0 Å². The van der Waals surface area contributed by atoms with Gasteiger partial charge in [0.1, 0.15) is 6.26 Å². The van der Waals surface area contributed by atoms with Crippen molar-refractivity contribution in [3.8, 4) is 0 Å². The number of rotatable bonds is 3. The molecule has 0 N–H and O–H groups in total. The molecule has 0 aromatic heterocycles. The van der Waals surface area contributed by atoms with Gasteiger partial charge in [-0.1, -0.05) is 13.2 Å². The number of nitrogens with zero attached hydrogens (tertiary/aromatic N) is 2. The SMILES string of the molecule is C=C/N=N\OC=C. The summed E-state index contributed by atoms with van der Waals surface area (Å²) >= 11 is 0. The van der Waals surface area contributed by atoms with Gasteiger partial charge in [-0.15, -0.1) is 5.11 Å². The van der Waals surface area contributed by atoms with E-state index >= 15 is 0 Å². The quantitative estimate of drug-likeness (QED) is 0.300. The molecule has 0 aliphatic heterocycles. The lowest BCUT2D eigenvalue weighted by atomic mass is 11.1. The van der Waals surface area contributed by atoms with Crippen LogP contribution in [0.1, 0.15) is 0 Å². The first kappa shape index (κ1) is 5.88. The monoisotopic (exact) mass is 98.0 g/mol. The summed E-state index contributed by atoms with van der Waals surface area (Å²) in [5.74, 6) is 0. The zero-order valence-corrected chi connectivity index (χ0v) is 3.87. The van der Waals surface area contributed by atoms with Gasteiger partial charge in [-0.25, -0.2) is 0 Å². The Kier molecular flexibility index (Phi) is 4.10. The summed E-state index contributed by atoms with van der Waals surface area (Å²) in [6.07, 6.45) is 2.44. The van der Waals surface area contributed by atoms with Crippen molar-refractivity contribution in [1.82, 2.24) is 0 Å². The molecule has 3 heteroatoms. The molecule has 0 aromatic rings. The third-order valence-electron chi connectivity index (χ3n) is 0.250. The number of hydrogen-bond acceptors (Lipinski definition) is 3. The summed E-state index contributed by atoms with van der Waals surface area (Å²) in [5.41, 5.74) is 0. The second-order valence-corrected chi connectivity index (χ2v) is 0.652. The molecule has 0 spiro atoms. The molecule has 0 rings (SSSR count). The molecular formula is C4H6N2O. The lowest BCUT2D eigenvalue weighted by molar-refractivity contribution is 0.243. The summed E-state index contributed by atoms with van der Waals surface area (Å²) < 4.78 is 0. The molecule has 0 atom stereocenters. The van der Waals surface area contributed by atoms with E-state index in [1.54, 1.807) is 0 Å². The molecule has 0 bridgehead atoms. The first-order valence-corrected chi connectivity index (χ1v) is 1.69. The first-order chi connectivity index (χ1) is 3.41. The van der Waals surface area contributed by atoms with Crippen LogP contribution < -0.4 is 0 Å². The molecule has 0 radical (unpaired) electrons. The van der Waals surface area contributed by atoms with E-state index in [-0.39, 0.29) is 0 Å². The smallest absolute Gasteiger partial charge is 0.116 e. The van der Waals surface area contributed by atoms with Gasteiger partial charge < -0.3 is 4.84 Å². The van der Waals surface area contributed by atoms with E-state index in [4.69, 9.17) is 0 Å². The zero-order valence-electron chi connectivity index (χ0n) is 3.87. The largest absolute Gasteiger partial charge is 0.348 e. The maximum Gasteiger partial charge on any atom is 0.116 e. The fraction of sp³-hybridized carbons (Fsp3) is 0. The highest BCUT2D eigenvalue weighted by molar-refractivity contribution is 4.55. The first-order valence-electron chi connectivity index (χ1n) is 1.69.